The highest BCUT2D eigenvalue weighted by Gasteiger charge is 2.20. The Morgan fingerprint density at radius 1 is 1.09 bits per heavy atom. The molecular formula is C14H13FN2O4S. The van der Waals surface area contributed by atoms with E-state index in [2.05, 4.69) is 4.72 Å². The van der Waals surface area contributed by atoms with Gasteiger partial charge in [0.2, 0.25) is 0 Å². The summed E-state index contributed by atoms with van der Waals surface area (Å²) in [7, 11) is -4.05. The molecule has 1 N–H and O–H groups in total. The zero-order chi connectivity index (χ0) is 16.5. The molecule has 0 heterocycles. The second kappa shape index (κ2) is 5.72. The number of rotatable bonds is 4. The van der Waals surface area contributed by atoms with Gasteiger partial charge in [-0.15, -0.1) is 0 Å². The minimum Gasteiger partial charge on any atom is -0.279 e. The lowest BCUT2D eigenvalue weighted by molar-refractivity contribution is -0.385. The summed E-state index contributed by atoms with van der Waals surface area (Å²) in [5.41, 5.74) is 0.680. The molecule has 0 aliphatic rings. The Labute approximate surface area is 126 Å². The van der Waals surface area contributed by atoms with Gasteiger partial charge in [-0.2, -0.15) is 0 Å². The van der Waals surface area contributed by atoms with E-state index in [1.807, 2.05) is 0 Å². The molecule has 0 atom stereocenters. The first-order valence-electron chi connectivity index (χ1n) is 6.25. The number of nitrogens with zero attached hydrogens (tertiary/aromatic N) is 1. The summed E-state index contributed by atoms with van der Waals surface area (Å²) in [6, 6.07) is 7.29. The van der Waals surface area contributed by atoms with Crippen molar-refractivity contribution in [2.75, 3.05) is 4.72 Å². The lowest BCUT2D eigenvalue weighted by atomic mass is 10.2. The molecule has 0 aliphatic heterocycles. The molecule has 0 amide bonds. The molecule has 0 saturated carbocycles. The summed E-state index contributed by atoms with van der Waals surface area (Å²) in [4.78, 5) is 9.99. The molecule has 0 aromatic heterocycles. The second-order valence-electron chi connectivity index (χ2n) is 4.77. The lowest BCUT2D eigenvalue weighted by Crippen LogP contribution is -2.14. The van der Waals surface area contributed by atoms with Crippen LogP contribution in [0.4, 0.5) is 15.8 Å². The first-order chi connectivity index (χ1) is 10.2. The number of nitro groups is 1. The molecule has 0 saturated heterocycles. The Kier molecular flexibility index (Phi) is 4.14. The van der Waals surface area contributed by atoms with Gasteiger partial charge in [0.1, 0.15) is 5.82 Å². The number of aryl methyl sites for hydroxylation is 2. The monoisotopic (exact) mass is 324 g/mol. The molecule has 8 heteroatoms. The molecule has 0 bridgehead atoms. The van der Waals surface area contributed by atoms with E-state index in [1.165, 1.54) is 31.2 Å². The quantitative estimate of drug-likeness (QED) is 0.691. The van der Waals surface area contributed by atoms with E-state index in [0.717, 1.165) is 12.1 Å². The van der Waals surface area contributed by atoms with Gasteiger partial charge in [-0.1, -0.05) is 12.1 Å². The van der Waals surface area contributed by atoms with Crippen LogP contribution in [0.2, 0.25) is 0 Å². The number of benzene rings is 2. The molecule has 2 rings (SSSR count). The summed E-state index contributed by atoms with van der Waals surface area (Å²) in [5, 5.41) is 10.9. The van der Waals surface area contributed by atoms with Crippen molar-refractivity contribution in [2.45, 2.75) is 18.7 Å². The highest BCUT2D eigenvalue weighted by atomic mass is 32.2. The Balaban J connectivity index is 2.45. The summed E-state index contributed by atoms with van der Waals surface area (Å²) in [5.74, 6) is -0.585. The molecule has 0 fully saturated rings. The number of anilines is 1. The first kappa shape index (κ1) is 15.9. The van der Waals surface area contributed by atoms with Crippen LogP contribution >= 0.6 is 0 Å². The van der Waals surface area contributed by atoms with Crippen molar-refractivity contribution in [1.29, 1.82) is 0 Å². The fourth-order valence-electron chi connectivity index (χ4n) is 1.86. The van der Waals surface area contributed by atoms with Gasteiger partial charge in [0, 0.05) is 11.6 Å². The molecule has 22 heavy (non-hydrogen) atoms. The molecule has 2 aromatic carbocycles. The maximum Gasteiger partial charge on any atom is 0.273 e. The third kappa shape index (κ3) is 3.22. The van der Waals surface area contributed by atoms with Gasteiger partial charge in [0.15, 0.2) is 0 Å². The van der Waals surface area contributed by atoms with Gasteiger partial charge in [-0.25, -0.2) is 12.8 Å². The van der Waals surface area contributed by atoms with Crippen molar-refractivity contribution in [3.8, 4) is 0 Å². The van der Waals surface area contributed by atoms with Gasteiger partial charge >= 0.3 is 0 Å². The second-order valence-corrected chi connectivity index (χ2v) is 6.45. The maximum atomic E-state index is 13.2. The van der Waals surface area contributed by atoms with Crippen LogP contribution in [-0.4, -0.2) is 13.3 Å². The normalized spacial score (nSPS) is 11.2. The van der Waals surface area contributed by atoms with Crippen LogP contribution in [0.5, 0.6) is 0 Å². The van der Waals surface area contributed by atoms with Gasteiger partial charge in [-0.05, 0) is 37.6 Å². The lowest BCUT2D eigenvalue weighted by Gasteiger charge is -2.11. The average Bonchev–Trinajstić information content (AvgIpc) is 2.42. The van der Waals surface area contributed by atoms with E-state index < -0.39 is 20.8 Å². The molecule has 0 spiro atoms. The van der Waals surface area contributed by atoms with Gasteiger partial charge in [0.25, 0.3) is 15.7 Å². The zero-order valence-electron chi connectivity index (χ0n) is 11.8. The predicted octanol–water partition coefficient (Wildman–Crippen LogP) is 3.15. The van der Waals surface area contributed by atoms with Crippen LogP contribution in [0.3, 0.4) is 0 Å². The summed E-state index contributed by atoms with van der Waals surface area (Å²) < 4.78 is 40.1. The third-order valence-electron chi connectivity index (χ3n) is 3.13. The molecule has 6 nitrogen and oxygen atoms in total. The fraction of sp³-hybridized carbons (Fsp3) is 0.143. The van der Waals surface area contributed by atoms with E-state index in [4.69, 9.17) is 0 Å². The number of hydrogen-bond donors (Lipinski definition) is 1. The fourth-order valence-corrected chi connectivity index (χ4v) is 3.00. The van der Waals surface area contributed by atoms with Crippen LogP contribution in [-0.2, 0) is 10.0 Å². The SMILES string of the molecule is Cc1ccc(F)cc1NS(=O)(=O)c1ccc(C)c([N+](=O)[O-])c1. The topological polar surface area (TPSA) is 89.3 Å². The van der Waals surface area contributed by atoms with E-state index in [0.29, 0.717) is 11.1 Å². The Bertz CT molecular complexity index is 850. The van der Waals surface area contributed by atoms with E-state index in [9.17, 15) is 22.9 Å². The van der Waals surface area contributed by atoms with Crippen molar-refractivity contribution in [2.24, 2.45) is 0 Å². The minimum atomic E-state index is -4.05. The number of nitrogens with one attached hydrogen (secondary N) is 1. The maximum absolute atomic E-state index is 13.2. The Hall–Kier alpha value is -2.48. The van der Waals surface area contributed by atoms with Gasteiger partial charge in [0.05, 0.1) is 15.5 Å². The van der Waals surface area contributed by atoms with E-state index >= 15 is 0 Å². The smallest absolute Gasteiger partial charge is 0.273 e. The summed E-state index contributed by atoms with van der Waals surface area (Å²) in [6.07, 6.45) is 0. The first-order valence-corrected chi connectivity index (χ1v) is 7.73. The largest absolute Gasteiger partial charge is 0.279 e. The van der Waals surface area contributed by atoms with Crippen molar-refractivity contribution in [1.82, 2.24) is 0 Å². The molecule has 116 valence electrons. The Morgan fingerprint density at radius 3 is 2.36 bits per heavy atom. The van der Waals surface area contributed by atoms with Crippen LogP contribution in [0.25, 0.3) is 0 Å². The van der Waals surface area contributed by atoms with Crippen LogP contribution in [0.15, 0.2) is 41.3 Å². The third-order valence-corrected chi connectivity index (χ3v) is 4.49. The van der Waals surface area contributed by atoms with Crippen LogP contribution in [0.1, 0.15) is 11.1 Å². The van der Waals surface area contributed by atoms with Crippen molar-refractivity contribution in [3.05, 3.63) is 63.5 Å². The highest BCUT2D eigenvalue weighted by Crippen LogP contribution is 2.25. The van der Waals surface area contributed by atoms with Crippen LogP contribution < -0.4 is 4.72 Å². The molecule has 2 aromatic rings. The summed E-state index contributed by atoms with van der Waals surface area (Å²) in [6.45, 7) is 3.13. The van der Waals surface area contributed by atoms with Crippen LogP contribution in [0, 0.1) is 29.8 Å². The van der Waals surface area contributed by atoms with E-state index in [-0.39, 0.29) is 16.3 Å². The molecular weight excluding hydrogens is 311 g/mol. The number of halogens is 1. The highest BCUT2D eigenvalue weighted by molar-refractivity contribution is 7.92. The molecule has 0 unspecified atom stereocenters. The molecule has 0 radical (unpaired) electrons. The number of hydrogen-bond acceptors (Lipinski definition) is 4. The summed E-state index contributed by atoms with van der Waals surface area (Å²) >= 11 is 0. The predicted molar refractivity (Wildman–Crippen MR) is 79.8 cm³/mol. The molecule has 0 aliphatic carbocycles. The van der Waals surface area contributed by atoms with Crippen molar-refractivity contribution >= 4 is 21.4 Å². The number of nitro benzene ring substituents is 1. The average molecular weight is 324 g/mol. The van der Waals surface area contributed by atoms with Gasteiger partial charge < -0.3 is 0 Å². The van der Waals surface area contributed by atoms with Crippen molar-refractivity contribution in [3.63, 3.8) is 0 Å². The zero-order valence-corrected chi connectivity index (χ0v) is 12.6. The van der Waals surface area contributed by atoms with Crippen molar-refractivity contribution < 1.29 is 17.7 Å². The minimum absolute atomic E-state index is 0.0863. The Morgan fingerprint density at radius 2 is 1.73 bits per heavy atom. The van der Waals surface area contributed by atoms with E-state index in [1.54, 1.807) is 6.92 Å². The standard InChI is InChI=1S/C14H13FN2O4S/c1-9-3-5-11(15)7-13(9)16-22(20,21)12-6-4-10(2)14(8-12)17(18)19/h3-8,16H,1-2H3. The number of sulfonamides is 1. The van der Waals surface area contributed by atoms with Gasteiger partial charge in [-0.3, -0.25) is 14.8 Å².